The topological polar surface area (TPSA) is 96.5 Å². The average Bonchev–Trinajstić information content (AvgIpc) is 3.36. The molecule has 1 aliphatic carbocycles. The van der Waals surface area contributed by atoms with Gasteiger partial charge < -0.3 is 15.4 Å². The number of ether oxygens (including phenoxy) is 1. The first-order chi connectivity index (χ1) is 16.1. The van der Waals surface area contributed by atoms with Crippen LogP contribution in [0.25, 0.3) is 0 Å². The van der Waals surface area contributed by atoms with Gasteiger partial charge in [0.25, 0.3) is 5.91 Å². The van der Waals surface area contributed by atoms with Crippen LogP contribution in [0.15, 0.2) is 24.3 Å². The van der Waals surface area contributed by atoms with Crippen molar-refractivity contribution in [2.24, 2.45) is 5.92 Å². The van der Waals surface area contributed by atoms with Gasteiger partial charge in [-0.2, -0.15) is 0 Å². The summed E-state index contributed by atoms with van der Waals surface area (Å²) >= 11 is 18.1. The van der Waals surface area contributed by atoms with Gasteiger partial charge in [0.05, 0.1) is 22.2 Å². The number of carbonyl (C=O) groups excluding carboxylic acids is 3. The minimum atomic E-state index is -1.23. The molecule has 1 unspecified atom stereocenters. The molecule has 0 saturated heterocycles. The van der Waals surface area contributed by atoms with Gasteiger partial charge in [0.15, 0.2) is 5.82 Å². The van der Waals surface area contributed by atoms with E-state index in [1.165, 1.54) is 12.1 Å². The fraction of sp³-hybridized carbons (Fsp3) is 0.348. The summed E-state index contributed by atoms with van der Waals surface area (Å²) < 4.78 is 33.3. The number of hydrogen-bond donors (Lipinski definition) is 3. The molecule has 0 spiro atoms. The second-order valence-electron chi connectivity index (χ2n) is 9.03. The molecule has 1 saturated carbocycles. The lowest BCUT2D eigenvalue weighted by molar-refractivity contribution is -0.117. The molecular formula is C23H22Cl3F2N3O4. The van der Waals surface area contributed by atoms with Crippen LogP contribution in [0, 0.1) is 24.5 Å². The number of carbonyl (C=O) groups is 3. The molecule has 1 aliphatic rings. The first-order valence-corrected chi connectivity index (χ1v) is 11.5. The zero-order valence-corrected chi connectivity index (χ0v) is 21.4. The van der Waals surface area contributed by atoms with E-state index in [0.717, 1.165) is 12.1 Å². The lowest BCUT2D eigenvalue weighted by atomic mass is 10.1. The molecule has 0 heterocycles. The summed E-state index contributed by atoms with van der Waals surface area (Å²) in [5.41, 5.74) is -1.56. The van der Waals surface area contributed by atoms with Crippen molar-refractivity contribution in [3.8, 4) is 0 Å². The van der Waals surface area contributed by atoms with Crippen LogP contribution >= 0.6 is 34.8 Å². The molecule has 1 atom stereocenters. The van der Waals surface area contributed by atoms with E-state index in [2.05, 4.69) is 16.0 Å². The van der Waals surface area contributed by atoms with Gasteiger partial charge in [-0.05, 0) is 63.9 Å². The predicted octanol–water partition coefficient (Wildman–Crippen LogP) is 6.66. The fourth-order valence-corrected chi connectivity index (χ4v) is 3.79. The number of amides is 3. The highest BCUT2D eigenvalue weighted by Crippen LogP contribution is 2.53. The minimum Gasteiger partial charge on any atom is -0.444 e. The van der Waals surface area contributed by atoms with E-state index in [4.69, 9.17) is 39.5 Å². The van der Waals surface area contributed by atoms with Crippen LogP contribution < -0.4 is 16.0 Å². The maximum Gasteiger partial charge on any atom is 0.412 e. The van der Waals surface area contributed by atoms with Crippen LogP contribution in [0.4, 0.5) is 30.6 Å². The Morgan fingerprint density at radius 2 is 1.71 bits per heavy atom. The van der Waals surface area contributed by atoms with E-state index < -0.39 is 56.8 Å². The number of benzene rings is 2. The Labute approximate surface area is 215 Å². The van der Waals surface area contributed by atoms with Gasteiger partial charge >= 0.3 is 6.09 Å². The number of rotatable bonds is 5. The fourth-order valence-electron chi connectivity index (χ4n) is 3.09. The maximum absolute atomic E-state index is 15.0. The summed E-state index contributed by atoms with van der Waals surface area (Å²) in [4.78, 5) is 37.2. The first-order valence-electron chi connectivity index (χ1n) is 10.4. The Morgan fingerprint density at radius 1 is 1.09 bits per heavy atom. The Balaban J connectivity index is 1.83. The lowest BCUT2D eigenvalue weighted by Gasteiger charge is -2.20. The third-order valence-electron chi connectivity index (χ3n) is 4.87. The maximum atomic E-state index is 15.0. The summed E-state index contributed by atoms with van der Waals surface area (Å²) in [5.74, 6) is -4.31. The summed E-state index contributed by atoms with van der Waals surface area (Å²) in [7, 11) is 0. The van der Waals surface area contributed by atoms with Crippen molar-refractivity contribution in [2.45, 2.75) is 44.1 Å². The van der Waals surface area contributed by atoms with Crippen LogP contribution in [0.5, 0.6) is 0 Å². The van der Waals surface area contributed by atoms with E-state index in [9.17, 15) is 23.2 Å². The molecule has 12 heteroatoms. The van der Waals surface area contributed by atoms with Gasteiger partial charge in [-0.1, -0.05) is 11.6 Å². The SMILES string of the molecule is Cc1cc(NC(=O)C2CC2(Cl)Cl)cc(C(=O)Nc2c(F)ccc(NC(=O)OC(C)(C)C)c2F)c1Cl. The number of nitrogens with one attached hydrogen (secondary N) is 3. The predicted molar refractivity (Wildman–Crippen MR) is 132 cm³/mol. The van der Waals surface area contributed by atoms with E-state index in [-0.39, 0.29) is 22.7 Å². The molecule has 3 amide bonds. The van der Waals surface area contributed by atoms with Gasteiger partial charge in [0.2, 0.25) is 5.91 Å². The smallest absolute Gasteiger partial charge is 0.412 e. The normalized spacial score (nSPS) is 16.3. The zero-order valence-electron chi connectivity index (χ0n) is 19.1. The molecule has 0 aromatic heterocycles. The molecule has 1 fully saturated rings. The van der Waals surface area contributed by atoms with Crippen molar-refractivity contribution in [1.82, 2.24) is 0 Å². The molecule has 2 aromatic carbocycles. The van der Waals surface area contributed by atoms with E-state index in [1.54, 1.807) is 27.7 Å². The van der Waals surface area contributed by atoms with Gasteiger partial charge in [0.1, 0.15) is 21.4 Å². The molecule has 188 valence electrons. The van der Waals surface area contributed by atoms with Crippen molar-refractivity contribution < 1.29 is 27.9 Å². The largest absolute Gasteiger partial charge is 0.444 e. The highest BCUT2D eigenvalue weighted by Gasteiger charge is 2.56. The molecule has 3 rings (SSSR count). The summed E-state index contributed by atoms with van der Waals surface area (Å²) in [6.45, 7) is 6.45. The average molecular weight is 549 g/mol. The molecule has 35 heavy (non-hydrogen) atoms. The first kappa shape index (κ1) is 27.0. The minimum absolute atomic E-state index is 0.0137. The second-order valence-corrected chi connectivity index (χ2v) is 10.9. The lowest BCUT2D eigenvalue weighted by Crippen LogP contribution is -2.27. The van der Waals surface area contributed by atoms with E-state index in [0.29, 0.717) is 5.56 Å². The Bertz CT molecular complexity index is 1220. The number of hydrogen-bond acceptors (Lipinski definition) is 4. The quantitative estimate of drug-likeness (QED) is 0.364. The van der Waals surface area contributed by atoms with Crippen LogP contribution in [0.1, 0.15) is 43.1 Å². The van der Waals surface area contributed by atoms with Crippen molar-refractivity contribution in [1.29, 1.82) is 0 Å². The van der Waals surface area contributed by atoms with E-state index >= 15 is 0 Å². The van der Waals surface area contributed by atoms with E-state index in [1.807, 2.05) is 0 Å². The van der Waals surface area contributed by atoms with Gasteiger partial charge in [-0.15, -0.1) is 23.2 Å². The van der Waals surface area contributed by atoms with Crippen LogP contribution in [-0.4, -0.2) is 27.8 Å². The van der Waals surface area contributed by atoms with Gasteiger partial charge in [-0.25, -0.2) is 13.6 Å². The summed E-state index contributed by atoms with van der Waals surface area (Å²) in [5, 5.41) is 6.92. The third kappa shape index (κ3) is 6.54. The molecule has 3 N–H and O–H groups in total. The van der Waals surface area contributed by atoms with Crippen molar-refractivity contribution in [2.75, 3.05) is 16.0 Å². The standard InChI is InChI=1S/C23H22Cl3F2N3O4/c1-10-7-11(29-20(33)13-9-23(13,25)26)8-12(16(10)24)19(32)31-18-14(27)5-6-15(17(18)28)30-21(34)35-22(2,3)4/h5-8,13H,9H2,1-4H3,(H,29,33)(H,30,34)(H,31,32). The Hall–Kier alpha value is -2.62. The Kier molecular flexibility index (Phi) is 7.55. The Morgan fingerprint density at radius 3 is 2.29 bits per heavy atom. The zero-order chi connectivity index (χ0) is 26.3. The third-order valence-corrected chi connectivity index (χ3v) is 6.21. The molecule has 7 nitrogen and oxygen atoms in total. The van der Waals surface area contributed by atoms with Crippen molar-refractivity contribution in [3.05, 3.63) is 52.0 Å². The number of aryl methyl sites for hydroxylation is 1. The van der Waals surface area contributed by atoms with Crippen LogP contribution in [0.2, 0.25) is 5.02 Å². The van der Waals surface area contributed by atoms with Gasteiger partial charge in [-0.3, -0.25) is 14.9 Å². The van der Waals surface area contributed by atoms with Crippen molar-refractivity contribution >= 4 is 69.8 Å². The molecule has 2 aromatic rings. The number of alkyl halides is 2. The highest BCUT2D eigenvalue weighted by atomic mass is 35.5. The number of halogens is 5. The molecule has 0 aliphatic heterocycles. The summed E-state index contributed by atoms with van der Waals surface area (Å²) in [6, 6.07) is 4.64. The highest BCUT2D eigenvalue weighted by molar-refractivity contribution is 6.52. The van der Waals surface area contributed by atoms with Gasteiger partial charge in [0, 0.05) is 5.69 Å². The monoisotopic (exact) mass is 547 g/mol. The molecule has 0 bridgehead atoms. The van der Waals surface area contributed by atoms with Crippen LogP contribution in [0.3, 0.4) is 0 Å². The van der Waals surface area contributed by atoms with Crippen LogP contribution in [-0.2, 0) is 9.53 Å². The van der Waals surface area contributed by atoms with Crippen molar-refractivity contribution in [3.63, 3.8) is 0 Å². The number of anilines is 3. The second kappa shape index (κ2) is 9.79. The molecule has 0 radical (unpaired) electrons. The summed E-state index contributed by atoms with van der Waals surface area (Å²) in [6.07, 6.45) is -0.676. The molecular weight excluding hydrogens is 527 g/mol.